The van der Waals surface area contributed by atoms with E-state index in [-0.39, 0.29) is 17.9 Å². The zero-order valence-corrected chi connectivity index (χ0v) is 11.8. The number of hydrogen-bond donors (Lipinski definition) is 1. The van der Waals surface area contributed by atoms with Crippen LogP contribution in [0, 0.1) is 5.92 Å². The third-order valence-corrected chi connectivity index (χ3v) is 3.67. The molecule has 2 atom stereocenters. The predicted octanol–water partition coefficient (Wildman–Crippen LogP) is 2.09. The molecule has 1 aromatic rings. The number of aliphatic hydroxyl groups is 1. The summed E-state index contributed by atoms with van der Waals surface area (Å²) in [6.45, 7) is 7.05. The normalized spacial score (nSPS) is 19.7. The first kappa shape index (κ1) is 14.6. The molecule has 1 heterocycles. The second-order valence-electron chi connectivity index (χ2n) is 5.14. The number of para-hydroxylation sites is 1. The van der Waals surface area contributed by atoms with Gasteiger partial charge in [-0.3, -0.25) is 4.79 Å². The summed E-state index contributed by atoms with van der Waals surface area (Å²) in [7, 11) is 0. The number of ether oxygens (including phenoxy) is 1. The molecule has 20 heavy (non-hydrogen) atoms. The lowest BCUT2D eigenvalue weighted by Gasteiger charge is -2.19. The Balaban J connectivity index is 2.11. The minimum atomic E-state index is -0.375. The van der Waals surface area contributed by atoms with Gasteiger partial charge in [-0.25, -0.2) is 0 Å². The van der Waals surface area contributed by atoms with Gasteiger partial charge in [-0.1, -0.05) is 24.8 Å². The van der Waals surface area contributed by atoms with Crippen molar-refractivity contribution >= 4 is 5.91 Å². The number of hydrogen-bond acceptors (Lipinski definition) is 3. The average molecular weight is 275 g/mol. The van der Waals surface area contributed by atoms with Gasteiger partial charge in [0.05, 0.1) is 11.7 Å². The van der Waals surface area contributed by atoms with Crippen LogP contribution in [0.5, 0.6) is 5.75 Å². The highest BCUT2D eigenvalue weighted by atomic mass is 16.5. The van der Waals surface area contributed by atoms with Gasteiger partial charge in [0.1, 0.15) is 12.4 Å². The Morgan fingerprint density at radius 1 is 1.60 bits per heavy atom. The molecular formula is C16H21NO3. The SMILES string of the molecule is C=CCOc1ccccc1C(=O)N1CCC(C(C)O)C1. The largest absolute Gasteiger partial charge is 0.489 e. The molecule has 1 aliphatic heterocycles. The van der Waals surface area contributed by atoms with Crippen LogP contribution < -0.4 is 4.74 Å². The van der Waals surface area contributed by atoms with Crippen LogP contribution in [-0.2, 0) is 0 Å². The van der Waals surface area contributed by atoms with Crippen molar-refractivity contribution in [2.45, 2.75) is 19.4 Å². The maximum Gasteiger partial charge on any atom is 0.257 e. The molecule has 2 rings (SSSR count). The molecule has 1 aromatic carbocycles. The molecule has 0 aromatic heterocycles. The molecular weight excluding hydrogens is 254 g/mol. The number of carbonyl (C=O) groups is 1. The van der Waals surface area contributed by atoms with E-state index in [0.717, 1.165) is 6.42 Å². The third kappa shape index (κ3) is 3.20. The van der Waals surface area contributed by atoms with Crippen LogP contribution in [0.15, 0.2) is 36.9 Å². The quantitative estimate of drug-likeness (QED) is 0.837. The van der Waals surface area contributed by atoms with E-state index in [1.54, 1.807) is 30.0 Å². The number of benzene rings is 1. The monoisotopic (exact) mass is 275 g/mol. The van der Waals surface area contributed by atoms with E-state index in [1.807, 2.05) is 12.1 Å². The predicted molar refractivity (Wildman–Crippen MR) is 77.8 cm³/mol. The molecule has 1 amide bonds. The summed E-state index contributed by atoms with van der Waals surface area (Å²) >= 11 is 0. The van der Waals surface area contributed by atoms with Crippen LogP contribution >= 0.6 is 0 Å². The van der Waals surface area contributed by atoms with Gasteiger partial charge in [-0.05, 0) is 25.5 Å². The number of carbonyl (C=O) groups excluding carboxylic acids is 1. The Morgan fingerprint density at radius 2 is 2.35 bits per heavy atom. The molecule has 1 N–H and O–H groups in total. The van der Waals surface area contributed by atoms with Crippen LogP contribution in [-0.4, -0.2) is 41.7 Å². The van der Waals surface area contributed by atoms with E-state index in [9.17, 15) is 9.90 Å². The lowest BCUT2D eigenvalue weighted by atomic mass is 10.0. The Bertz CT molecular complexity index is 484. The van der Waals surface area contributed by atoms with Crippen molar-refractivity contribution in [3.8, 4) is 5.75 Å². The molecule has 1 aliphatic rings. The second-order valence-corrected chi connectivity index (χ2v) is 5.14. The van der Waals surface area contributed by atoms with Crippen molar-refractivity contribution in [2.75, 3.05) is 19.7 Å². The molecule has 1 fully saturated rings. The van der Waals surface area contributed by atoms with Gasteiger partial charge in [0.25, 0.3) is 5.91 Å². The molecule has 4 nitrogen and oxygen atoms in total. The number of likely N-dealkylation sites (tertiary alicyclic amines) is 1. The summed E-state index contributed by atoms with van der Waals surface area (Å²) in [6, 6.07) is 7.24. The Labute approximate surface area is 119 Å². The highest BCUT2D eigenvalue weighted by Crippen LogP contribution is 2.25. The van der Waals surface area contributed by atoms with Crippen molar-refractivity contribution in [3.63, 3.8) is 0 Å². The van der Waals surface area contributed by atoms with Crippen molar-refractivity contribution in [2.24, 2.45) is 5.92 Å². The Hall–Kier alpha value is -1.81. The van der Waals surface area contributed by atoms with Crippen LogP contribution in [0.4, 0.5) is 0 Å². The number of amides is 1. The Morgan fingerprint density at radius 3 is 3.00 bits per heavy atom. The smallest absolute Gasteiger partial charge is 0.257 e. The van der Waals surface area contributed by atoms with E-state index < -0.39 is 0 Å². The number of rotatable bonds is 5. The van der Waals surface area contributed by atoms with Crippen LogP contribution in [0.2, 0.25) is 0 Å². The van der Waals surface area contributed by atoms with Crippen molar-refractivity contribution in [1.29, 1.82) is 0 Å². The first-order valence-corrected chi connectivity index (χ1v) is 6.93. The topological polar surface area (TPSA) is 49.8 Å². The van der Waals surface area contributed by atoms with Gasteiger partial charge < -0.3 is 14.7 Å². The van der Waals surface area contributed by atoms with E-state index >= 15 is 0 Å². The Kier molecular flexibility index (Phi) is 4.79. The minimum Gasteiger partial charge on any atom is -0.489 e. The van der Waals surface area contributed by atoms with Gasteiger partial charge in [-0.2, -0.15) is 0 Å². The van der Waals surface area contributed by atoms with Crippen LogP contribution in [0.1, 0.15) is 23.7 Å². The van der Waals surface area contributed by atoms with Gasteiger partial charge in [0.15, 0.2) is 0 Å². The van der Waals surface area contributed by atoms with Gasteiger partial charge >= 0.3 is 0 Å². The van der Waals surface area contributed by atoms with E-state index in [1.165, 1.54) is 0 Å². The summed E-state index contributed by atoms with van der Waals surface area (Å²) in [6.07, 6.45) is 2.12. The zero-order chi connectivity index (χ0) is 14.5. The van der Waals surface area contributed by atoms with E-state index in [4.69, 9.17) is 4.74 Å². The lowest BCUT2D eigenvalue weighted by molar-refractivity contribution is 0.0758. The first-order chi connectivity index (χ1) is 9.63. The van der Waals surface area contributed by atoms with Crippen molar-refractivity contribution in [1.82, 2.24) is 4.90 Å². The molecule has 4 heteroatoms. The fourth-order valence-corrected chi connectivity index (χ4v) is 2.45. The summed E-state index contributed by atoms with van der Waals surface area (Å²) in [4.78, 5) is 14.3. The highest BCUT2D eigenvalue weighted by molar-refractivity contribution is 5.97. The van der Waals surface area contributed by atoms with E-state index in [2.05, 4.69) is 6.58 Å². The van der Waals surface area contributed by atoms with Crippen LogP contribution in [0.3, 0.4) is 0 Å². The lowest BCUT2D eigenvalue weighted by Crippen LogP contribution is -2.30. The highest BCUT2D eigenvalue weighted by Gasteiger charge is 2.30. The maximum atomic E-state index is 12.5. The van der Waals surface area contributed by atoms with Crippen LogP contribution in [0.25, 0.3) is 0 Å². The third-order valence-electron chi connectivity index (χ3n) is 3.67. The first-order valence-electron chi connectivity index (χ1n) is 6.93. The molecule has 1 saturated heterocycles. The molecule has 2 unspecified atom stereocenters. The fraction of sp³-hybridized carbons (Fsp3) is 0.438. The molecule has 108 valence electrons. The van der Waals surface area contributed by atoms with Crippen molar-refractivity contribution < 1.29 is 14.6 Å². The fourth-order valence-electron chi connectivity index (χ4n) is 2.45. The average Bonchev–Trinajstić information content (AvgIpc) is 2.94. The van der Waals surface area contributed by atoms with E-state index in [0.29, 0.717) is 31.0 Å². The summed E-state index contributed by atoms with van der Waals surface area (Å²) in [5, 5.41) is 9.62. The van der Waals surface area contributed by atoms with Gasteiger partial charge in [0, 0.05) is 19.0 Å². The summed E-state index contributed by atoms with van der Waals surface area (Å²) in [5.74, 6) is 0.714. The number of nitrogens with zero attached hydrogens (tertiary/aromatic N) is 1. The van der Waals surface area contributed by atoms with Gasteiger partial charge in [0.2, 0.25) is 0 Å². The standard InChI is InChI=1S/C16H21NO3/c1-3-10-20-15-7-5-4-6-14(15)16(19)17-9-8-13(11-17)12(2)18/h3-7,12-13,18H,1,8-11H2,2H3. The summed E-state index contributed by atoms with van der Waals surface area (Å²) in [5.41, 5.74) is 0.570. The molecule has 0 spiro atoms. The molecule has 0 aliphatic carbocycles. The molecule has 0 radical (unpaired) electrons. The van der Waals surface area contributed by atoms with Crippen molar-refractivity contribution in [3.05, 3.63) is 42.5 Å². The second kappa shape index (κ2) is 6.57. The zero-order valence-electron chi connectivity index (χ0n) is 11.8. The molecule has 0 saturated carbocycles. The molecule has 0 bridgehead atoms. The maximum absolute atomic E-state index is 12.5. The minimum absolute atomic E-state index is 0.0344. The number of aliphatic hydroxyl groups excluding tert-OH is 1. The van der Waals surface area contributed by atoms with Gasteiger partial charge in [-0.15, -0.1) is 0 Å². The summed E-state index contributed by atoms with van der Waals surface area (Å²) < 4.78 is 5.53.